The molecule has 96 valence electrons. The van der Waals surface area contributed by atoms with E-state index in [0.29, 0.717) is 12.8 Å². The number of alkyl halides is 1. The average Bonchev–Trinajstić information content (AvgIpc) is 2.92. The van der Waals surface area contributed by atoms with Crippen molar-refractivity contribution < 1.29 is 4.39 Å². The van der Waals surface area contributed by atoms with Gasteiger partial charge >= 0.3 is 0 Å². The number of likely N-dealkylation sites (tertiary alicyclic amines) is 1. The number of allylic oxidation sites excluding steroid dienone is 2. The fourth-order valence-corrected chi connectivity index (χ4v) is 2.66. The lowest BCUT2D eigenvalue weighted by atomic mass is 9.89. The number of dihydropyridines is 1. The molecule has 2 heterocycles. The molecule has 1 N–H and O–H groups in total. The van der Waals surface area contributed by atoms with Gasteiger partial charge in [0.05, 0.1) is 6.04 Å². The van der Waals surface area contributed by atoms with Gasteiger partial charge in [-0.15, -0.1) is 0 Å². The summed E-state index contributed by atoms with van der Waals surface area (Å²) in [5.74, 6) is 1.10. The summed E-state index contributed by atoms with van der Waals surface area (Å²) in [6.07, 6.45) is 9.61. The summed E-state index contributed by atoms with van der Waals surface area (Å²) in [7, 11) is 0. The largest absolute Gasteiger partial charge is 0.362 e. The predicted molar refractivity (Wildman–Crippen MR) is 69.4 cm³/mol. The summed E-state index contributed by atoms with van der Waals surface area (Å²) in [5.41, 5.74) is -1.13. The van der Waals surface area contributed by atoms with Crippen LogP contribution in [0.2, 0.25) is 0 Å². The Bertz CT molecular complexity index is 312. The Labute approximate surface area is 104 Å². The van der Waals surface area contributed by atoms with Crippen LogP contribution in [0, 0.1) is 0 Å². The van der Waals surface area contributed by atoms with Crippen LogP contribution in [-0.4, -0.2) is 29.7 Å². The van der Waals surface area contributed by atoms with Crippen LogP contribution in [-0.2, 0) is 0 Å². The highest BCUT2D eigenvalue weighted by molar-refractivity contribution is 5.23. The van der Waals surface area contributed by atoms with Crippen LogP contribution in [0.25, 0.3) is 0 Å². The molecule has 0 saturated carbocycles. The lowest BCUT2D eigenvalue weighted by Crippen LogP contribution is -2.49. The minimum Gasteiger partial charge on any atom is -0.362 e. The Morgan fingerprint density at radius 2 is 2.00 bits per heavy atom. The van der Waals surface area contributed by atoms with Gasteiger partial charge in [0.2, 0.25) is 0 Å². The zero-order chi connectivity index (χ0) is 12.3. The maximum atomic E-state index is 14.6. The van der Waals surface area contributed by atoms with Crippen molar-refractivity contribution in [1.29, 1.82) is 0 Å². The quantitative estimate of drug-likeness (QED) is 0.810. The van der Waals surface area contributed by atoms with E-state index in [-0.39, 0.29) is 6.04 Å². The van der Waals surface area contributed by atoms with Crippen LogP contribution in [0.4, 0.5) is 4.39 Å². The average molecular weight is 238 g/mol. The number of nitrogens with zero attached hydrogens (tertiary/aromatic N) is 1. The van der Waals surface area contributed by atoms with Gasteiger partial charge in [-0.3, -0.25) is 0 Å². The molecule has 1 saturated heterocycles. The van der Waals surface area contributed by atoms with E-state index < -0.39 is 5.67 Å². The summed E-state index contributed by atoms with van der Waals surface area (Å²) >= 11 is 0. The molecule has 2 aliphatic heterocycles. The summed E-state index contributed by atoms with van der Waals surface area (Å²) in [6.45, 7) is 6.04. The summed E-state index contributed by atoms with van der Waals surface area (Å²) in [4.78, 5) is 2.32. The van der Waals surface area contributed by atoms with Crippen LogP contribution in [0.15, 0.2) is 24.0 Å². The zero-order valence-electron chi connectivity index (χ0n) is 10.9. The first kappa shape index (κ1) is 12.5. The Kier molecular flexibility index (Phi) is 3.75. The molecule has 0 radical (unpaired) electrons. The Balaban J connectivity index is 2.05. The van der Waals surface area contributed by atoms with E-state index >= 15 is 0 Å². The molecule has 2 rings (SSSR count). The zero-order valence-corrected chi connectivity index (χ0v) is 10.9. The molecule has 3 heteroatoms. The monoisotopic (exact) mass is 238 g/mol. The van der Waals surface area contributed by atoms with Crippen molar-refractivity contribution in [2.45, 2.75) is 51.2 Å². The number of halogens is 1. The SMILES string of the molecule is CCC(F)(CC)C1C=CC=C(N2CCCC2)N1. The van der Waals surface area contributed by atoms with Crippen LogP contribution in [0.1, 0.15) is 39.5 Å². The lowest BCUT2D eigenvalue weighted by Gasteiger charge is -2.36. The smallest absolute Gasteiger partial charge is 0.134 e. The van der Waals surface area contributed by atoms with E-state index in [9.17, 15) is 4.39 Å². The molecule has 0 aromatic carbocycles. The number of hydrogen-bond donors (Lipinski definition) is 1. The van der Waals surface area contributed by atoms with E-state index in [2.05, 4.69) is 16.3 Å². The van der Waals surface area contributed by atoms with Crippen molar-refractivity contribution in [1.82, 2.24) is 10.2 Å². The molecule has 0 aromatic rings. The first-order chi connectivity index (χ1) is 8.19. The van der Waals surface area contributed by atoms with Gasteiger partial charge in [0.1, 0.15) is 11.5 Å². The maximum Gasteiger partial charge on any atom is 0.134 e. The standard InChI is InChI=1S/C14H23FN2/c1-3-14(15,4-2)12-8-7-9-13(16-12)17-10-5-6-11-17/h7-9,12,16H,3-6,10-11H2,1-2H3. The van der Waals surface area contributed by atoms with Crippen molar-refractivity contribution in [3.8, 4) is 0 Å². The third kappa shape index (κ3) is 2.48. The van der Waals surface area contributed by atoms with Crippen LogP contribution in [0.3, 0.4) is 0 Å². The Hall–Kier alpha value is -0.990. The highest BCUT2D eigenvalue weighted by Gasteiger charge is 2.36. The van der Waals surface area contributed by atoms with E-state index in [4.69, 9.17) is 0 Å². The fraction of sp³-hybridized carbons (Fsp3) is 0.714. The minimum atomic E-state index is -1.13. The molecule has 17 heavy (non-hydrogen) atoms. The van der Waals surface area contributed by atoms with E-state index in [1.165, 1.54) is 12.8 Å². The number of nitrogens with one attached hydrogen (secondary N) is 1. The Morgan fingerprint density at radius 1 is 1.35 bits per heavy atom. The highest BCUT2D eigenvalue weighted by atomic mass is 19.1. The third-order valence-corrected chi connectivity index (χ3v) is 4.04. The van der Waals surface area contributed by atoms with E-state index in [1.54, 1.807) is 0 Å². The minimum absolute atomic E-state index is 0.182. The van der Waals surface area contributed by atoms with Crippen molar-refractivity contribution in [2.75, 3.05) is 13.1 Å². The van der Waals surface area contributed by atoms with Gasteiger partial charge in [-0.1, -0.05) is 26.0 Å². The molecule has 0 spiro atoms. The summed E-state index contributed by atoms with van der Waals surface area (Å²) in [6, 6.07) is -0.182. The van der Waals surface area contributed by atoms with Crippen LogP contribution < -0.4 is 5.32 Å². The van der Waals surface area contributed by atoms with Gasteiger partial charge in [-0.05, 0) is 31.8 Å². The first-order valence-corrected chi connectivity index (χ1v) is 6.78. The molecule has 0 aromatic heterocycles. The second-order valence-electron chi connectivity index (χ2n) is 4.99. The highest BCUT2D eigenvalue weighted by Crippen LogP contribution is 2.28. The molecule has 2 aliphatic rings. The molecule has 1 fully saturated rings. The predicted octanol–water partition coefficient (Wildman–Crippen LogP) is 2.98. The topological polar surface area (TPSA) is 15.3 Å². The first-order valence-electron chi connectivity index (χ1n) is 6.78. The fourth-order valence-electron chi connectivity index (χ4n) is 2.66. The van der Waals surface area contributed by atoms with Crippen molar-refractivity contribution >= 4 is 0 Å². The third-order valence-electron chi connectivity index (χ3n) is 4.04. The van der Waals surface area contributed by atoms with Gasteiger partial charge in [-0.25, -0.2) is 4.39 Å². The van der Waals surface area contributed by atoms with Gasteiger partial charge in [0.15, 0.2) is 0 Å². The van der Waals surface area contributed by atoms with Crippen molar-refractivity contribution in [3.63, 3.8) is 0 Å². The maximum absolute atomic E-state index is 14.6. The van der Waals surface area contributed by atoms with E-state index in [0.717, 1.165) is 18.9 Å². The molecule has 0 amide bonds. The van der Waals surface area contributed by atoms with Gasteiger partial charge in [0, 0.05) is 13.1 Å². The second kappa shape index (κ2) is 5.11. The van der Waals surface area contributed by atoms with Crippen molar-refractivity contribution in [3.05, 3.63) is 24.0 Å². The normalized spacial score (nSPS) is 24.8. The molecule has 1 atom stereocenters. The molecule has 2 nitrogen and oxygen atoms in total. The second-order valence-corrected chi connectivity index (χ2v) is 4.99. The lowest BCUT2D eigenvalue weighted by molar-refractivity contribution is 0.114. The van der Waals surface area contributed by atoms with E-state index in [1.807, 2.05) is 26.0 Å². The van der Waals surface area contributed by atoms with Gasteiger partial charge in [0.25, 0.3) is 0 Å². The summed E-state index contributed by atoms with van der Waals surface area (Å²) < 4.78 is 14.6. The van der Waals surface area contributed by atoms with Gasteiger partial charge in [-0.2, -0.15) is 0 Å². The van der Waals surface area contributed by atoms with Crippen LogP contribution >= 0.6 is 0 Å². The number of rotatable bonds is 4. The summed E-state index contributed by atoms with van der Waals surface area (Å²) in [5, 5.41) is 3.36. The Morgan fingerprint density at radius 3 is 2.59 bits per heavy atom. The van der Waals surface area contributed by atoms with Gasteiger partial charge < -0.3 is 10.2 Å². The molecular weight excluding hydrogens is 215 g/mol. The molecule has 1 unspecified atom stereocenters. The molecular formula is C14H23FN2. The number of hydrogen-bond acceptors (Lipinski definition) is 2. The molecule has 0 aliphatic carbocycles. The van der Waals surface area contributed by atoms with Crippen LogP contribution in [0.5, 0.6) is 0 Å². The van der Waals surface area contributed by atoms with Crippen molar-refractivity contribution in [2.24, 2.45) is 0 Å². The molecule has 0 bridgehead atoms.